The molecule has 0 unspecified atom stereocenters. The number of carbonyl (C=O) groups is 1. The molecule has 3 rings (SSSR count). The zero-order valence-electron chi connectivity index (χ0n) is 13.4. The highest BCUT2D eigenvalue weighted by molar-refractivity contribution is 9.10. The number of thiazole rings is 1. The molecule has 0 saturated heterocycles. The van der Waals surface area contributed by atoms with Gasteiger partial charge in [-0.25, -0.2) is 4.98 Å². The zero-order valence-corrected chi connectivity index (χ0v) is 16.6. The summed E-state index contributed by atoms with van der Waals surface area (Å²) in [6.07, 6.45) is 0. The molecule has 0 aliphatic carbocycles. The Labute approximate surface area is 162 Å². The first-order valence-corrected chi connectivity index (χ1v) is 10.1. The molecule has 0 aliphatic rings. The van der Waals surface area contributed by atoms with Crippen LogP contribution >= 0.6 is 39.0 Å². The third-order valence-corrected chi connectivity index (χ3v) is 5.85. The monoisotopic (exact) mass is 434 g/mol. The Kier molecular flexibility index (Phi) is 6.12. The van der Waals surface area contributed by atoms with Crippen molar-refractivity contribution in [3.05, 3.63) is 58.4 Å². The summed E-state index contributed by atoms with van der Waals surface area (Å²) in [5, 5.41) is 4.87. The van der Waals surface area contributed by atoms with E-state index >= 15 is 0 Å². The lowest BCUT2D eigenvalue weighted by molar-refractivity contribution is -0.113. The fourth-order valence-corrected chi connectivity index (χ4v) is 4.00. The summed E-state index contributed by atoms with van der Waals surface area (Å²) < 4.78 is 7.06. The van der Waals surface area contributed by atoms with E-state index in [1.807, 2.05) is 47.8 Å². The first-order chi connectivity index (χ1) is 12.1. The number of rotatable bonds is 6. The minimum Gasteiger partial charge on any atom is -0.497 e. The first kappa shape index (κ1) is 18.0. The number of hydrogen-bond donors (Lipinski definition) is 1. The largest absolute Gasteiger partial charge is 0.497 e. The predicted octanol–water partition coefficient (Wildman–Crippen LogP) is 5.31. The molecule has 0 radical (unpaired) electrons. The van der Waals surface area contributed by atoms with Crippen LogP contribution in [0.4, 0.5) is 5.69 Å². The first-order valence-electron chi connectivity index (χ1n) is 7.42. The second-order valence-electron chi connectivity index (χ2n) is 5.07. The van der Waals surface area contributed by atoms with Crippen molar-refractivity contribution in [3.63, 3.8) is 0 Å². The molecule has 1 heterocycles. The Hall–Kier alpha value is -1.83. The Morgan fingerprint density at radius 1 is 1.28 bits per heavy atom. The van der Waals surface area contributed by atoms with Crippen molar-refractivity contribution < 1.29 is 9.53 Å². The molecule has 1 N–H and O–H groups in total. The van der Waals surface area contributed by atoms with E-state index in [4.69, 9.17) is 4.74 Å². The fourth-order valence-electron chi connectivity index (χ4n) is 2.10. The van der Waals surface area contributed by atoms with Crippen LogP contribution in [0, 0.1) is 0 Å². The smallest absolute Gasteiger partial charge is 0.234 e. The number of thioether (sulfide) groups is 1. The number of benzene rings is 2. The lowest BCUT2D eigenvalue weighted by Gasteiger charge is -2.06. The number of carbonyl (C=O) groups excluding carboxylic acids is 1. The molecule has 0 saturated carbocycles. The van der Waals surface area contributed by atoms with Crippen LogP contribution in [0.15, 0.2) is 62.7 Å². The van der Waals surface area contributed by atoms with Crippen molar-refractivity contribution in [2.24, 2.45) is 0 Å². The molecular weight excluding hydrogens is 420 g/mol. The highest BCUT2D eigenvalue weighted by Crippen LogP contribution is 2.29. The van der Waals surface area contributed by atoms with Crippen molar-refractivity contribution in [1.29, 1.82) is 0 Å². The van der Waals surface area contributed by atoms with E-state index in [-0.39, 0.29) is 5.91 Å². The molecule has 7 heteroatoms. The summed E-state index contributed by atoms with van der Waals surface area (Å²) in [5.41, 5.74) is 2.71. The Morgan fingerprint density at radius 3 is 2.84 bits per heavy atom. The van der Waals surface area contributed by atoms with Gasteiger partial charge in [0.1, 0.15) is 5.75 Å². The van der Waals surface area contributed by atoms with Gasteiger partial charge in [0.15, 0.2) is 4.34 Å². The molecule has 0 bridgehead atoms. The summed E-state index contributed by atoms with van der Waals surface area (Å²) in [4.78, 5) is 16.7. The van der Waals surface area contributed by atoms with Gasteiger partial charge in [-0.1, -0.05) is 45.9 Å². The number of methoxy groups -OCH3 is 1. The molecule has 2 aromatic carbocycles. The van der Waals surface area contributed by atoms with Gasteiger partial charge in [0.25, 0.3) is 0 Å². The molecule has 0 fully saturated rings. The second-order valence-corrected chi connectivity index (χ2v) is 8.07. The third kappa shape index (κ3) is 5.07. The number of hydrogen-bond acceptors (Lipinski definition) is 5. The number of nitrogens with one attached hydrogen (secondary N) is 1. The molecule has 1 amide bonds. The van der Waals surface area contributed by atoms with Gasteiger partial charge in [0, 0.05) is 27.2 Å². The van der Waals surface area contributed by atoms with E-state index < -0.39 is 0 Å². The third-order valence-electron chi connectivity index (χ3n) is 3.30. The van der Waals surface area contributed by atoms with E-state index in [0.717, 1.165) is 25.8 Å². The quantitative estimate of drug-likeness (QED) is 0.533. The van der Waals surface area contributed by atoms with Crippen molar-refractivity contribution in [1.82, 2.24) is 4.98 Å². The minimum absolute atomic E-state index is 0.0707. The standard InChI is InChI=1S/C18H15BrN2O2S2/c1-23-15-4-2-3-14(9-15)20-17(22)11-25-18-21-16(10-24-18)12-5-7-13(19)8-6-12/h2-10H,11H2,1H3,(H,20,22). The van der Waals surface area contributed by atoms with Crippen LogP contribution in [0.5, 0.6) is 5.75 Å². The molecule has 0 spiro atoms. The maximum absolute atomic E-state index is 12.1. The number of aromatic nitrogens is 1. The van der Waals surface area contributed by atoms with Gasteiger partial charge in [0.05, 0.1) is 18.6 Å². The number of amides is 1. The van der Waals surface area contributed by atoms with Crippen LogP contribution in [0.25, 0.3) is 11.3 Å². The van der Waals surface area contributed by atoms with Crippen molar-refractivity contribution in [3.8, 4) is 17.0 Å². The fraction of sp³-hybridized carbons (Fsp3) is 0.111. The molecule has 128 valence electrons. The molecule has 1 aromatic heterocycles. The summed E-state index contributed by atoms with van der Waals surface area (Å²) in [7, 11) is 1.60. The normalized spacial score (nSPS) is 10.5. The van der Waals surface area contributed by atoms with Crippen LogP contribution in [0.1, 0.15) is 0 Å². The van der Waals surface area contributed by atoms with Gasteiger partial charge in [-0.2, -0.15) is 0 Å². The maximum atomic E-state index is 12.1. The van der Waals surface area contributed by atoms with E-state index in [1.165, 1.54) is 11.8 Å². The Bertz CT molecular complexity index is 866. The average molecular weight is 435 g/mol. The summed E-state index contributed by atoms with van der Waals surface area (Å²) in [5.74, 6) is 0.952. The van der Waals surface area contributed by atoms with Gasteiger partial charge >= 0.3 is 0 Å². The SMILES string of the molecule is COc1cccc(NC(=O)CSc2nc(-c3ccc(Br)cc3)cs2)c1. The van der Waals surface area contributed by atoms with E-state index in [0.29, 0.717) is 11.5 Å². The maximum Gasteiger partial charge on any atom is 0.234 e. The topological polar surface area (TPSA) is 51.2 Å². The lowest BCUT2D eigenvalue weighted by Crippen LogP contribution is -2.13. The molecule has 0 atom stereocenters. The number of nitrogens with zero attached hydrogens (tertiary/aromatic N) is 1. The van der Waals surface area contributed by atoms with Crippen LogP contribution in [0.2, 0.25) is 0 Å². The van der Waals surface area contributed by atoms with Crippen LogP contribution in [-0.2, 0) is 4.79 Å². The zero-order chi connectivity index (χ0) is 17.6. The van der Waals surface area contributed by atoms with Crippen molar-refractivity contribution >= 4 is 50.6 Å². The summed E-state index contributed by atoms with van der Waals surface area (Å²) >= 11 is 6.40. The Balaban J connectivity index is 1.56. The number of halogens is 1. The second kappa shape index (κ2) is 8.51. The summed E-state index contributed by atoms with van der Waals surface area (Å²) in [6, 6.07) is 15.3. The molecule has 4 nitrogen and oxygen atoms in total. The van der Waals surface area contributed by atoms with Gasteiger partial charge < -0.3 is 10.1 Å². The number of anilines is 1. The van der Waals surface area contributed by atoms with Crippen molar-refractivity contribution in [2.75, 3.05) is 18.2 Å². The average Bonchev–Trinajstić information content (AvgIpc) is 3.10. The lowest BCUT2D eigenvalue weighted by atomic mass is 10.2. The summed E-state index contributed by atoms with van der Waals surface area (Å²) in [6.45, 7) is 0. The van der Waals surface area contributed by atoms with Crippen LogP contribution in [-0.4, -0.2) is 23.8 Å². The molecule has 0 aliphatic heterocycles. The van der Waals surface area contributed by atoms with Gasteiger partial charge in [-0.15, -0.1) is 11.3 Å². The molecular formula is C18H15BrN2O2S2. The molecule has 3 aromatic rings. The number of ether oxygens (including phenoxy) is 1. The van der Waals surface area contributed by atoms with E-state index in [2.05, 4.69) is 26.2 Å². The van der Waals surface area contributed by atoms with E-state index in [9.17, 15) is 4.79 Å². The highest BCUT2D eigenvalue weighted by Gasteiger charge is 2.09. The predicted molar refractivity (Wildman–Crippen MR) is 108 cm³/mol. The van der Waals surface area contributed by atoms with Gasteiger partial charge in [0.2, 0.25) is 5.91 Å². The van der Waals surface area contributed by atoms with Crippen LogP contribution < -0.4 is 10.1 Å². The Morgan fingerprint density at radius 2 is 2.08 bits per heavy atom. The van der Waals surface area contributed by atoms with Crippen molar-refractivity contribution in [2.45, 2.75) is 4.34 Å². The molecule has 25 heavy (non-hydrogen) atoms. The van der Waals surface area contributed by atoms with Gasteiger partial charge in [-0.3, -0.25) is 4.79 Å². The van der Waals surface area contributed by atoms with E-state index in [1.54, 1.807) is 24.5 Å². The van der Waals surface area contributed by atoms with Gasteiger partial charge in [-0.05, 0) is 24.3 Å². The van der Waals surface area contributed by atoms with Crippen LogP contribution in [0.3, 0.4) is 0 Å². The highest BCUT2D eigenvalue weighted by atomic mass is 79.9. The minimum atomic E-state index is -0.0707.